The maximum Gasteiger partial charge on any atom is 0.261 e. The van der Waals surface area contributed by atoms with E-state index in [9.17, 15) is 4.79 Å². The third kappa shape index (κ3) is 3.19. The minimum atomic E-state index is 0.0321. The number of amides is 1. The second kappa shape index (κ2) is 6.03. The highest BCUT2D eigenvalue weighted by Gasteiger charge is 2.21. The third-order valence-corrected chi connectivity index (χ3v) is 5.25. The van der Waals surface area contributed by atoms with E-state index >= 15 is 0 Å². The number of hydrogen-bond donors (Lipinski definition) is 2. The number of thiophene rings is 1. The fraction of sp³-hybridized carbons (Fsp3) is 0.438. The fourth-order valence-corrected chi connectivity index (χ4v) is 3.82. The van der Waals surface area contributed by atoms with Gasteiger partial charge in [-0.05, 0) is 55.1 Å². The van der Waals surface area contributed by atoms with Gasteiger partial charge in [-0.15, -0.1) is 11.3 Å². The van der Waals surface area contributed by atoms with Crippen molar-refractivity contribution in [1.82, 2.24) is 10.2 Å². The first-order chi connectivity index (χ1) is 10.2. The molecule has 0 aliphatic carbocycles. The van der Waals surface area contributed by atoms with Gasteiger partial charge in [0.05, 0.1) is 4.88 Å². The Morgan fingerprint density at radius 2 is 2.33 bits per heavy atom. The van der Waals surface area contributed by atoms with Gasteiger partial charge in [0.15, 0.2) is 0 Å². The van der Waals surface area contributed by atoms with Gasteiger partial charge in [-0.2, -0.15) is 0 Å². The summed E-state index contributed by atoms with van der Waals surface area (Å²) in [4.78, 5) is 15.5. The topological polar surface area (TPSA) is 58.4 Å². The molecule has 0 radical (unpaired) electrons. The molecule has 1 aromatic carbocycles. The standard InChI is InChI=1S/C16H21N3OS/c1-2-19-6-5-11(10-19)9-18-16(20)15-8-12-7-13(17)3-4-14(12)21-15/h3-4,7-8,11H,2,5-6,9-10,17H2,1H3,(H,18,20). The van der Waals surface area contributed by atoms with Crippen molar-refractivity contribution in [3.8, 4) is 0 Å². The van der Waals surface area contributed by atoms with E-state index in [0.29, 0.717) is 5.92 Å². The molecule has 0 saturated carbocycles. The van der Waals surface area contributed by atoms with E-state index in [1.165, 1.54) is 17.8 Å². The van der Waals surface area contributed by atoms with Crippen LogP contribution in [0.25, 0.3) is 10.1 Å². The van der Waals surface area contributed by atoms with Crippen molar-refractivity contribution in [1.29, 1.82) is 0 Å². The fourth-order valence-electron chi connectivity index (χ4n) is 2.86. The molecular weight excluding hydrogens is 282 g/mol. The second-order valence-electron chi connectivity index (χ2n) is 5.67. The van der Waals surface area contributed by atoms with E-state index in [0.717, 1.165) is 46.8 Å². The van der Waals surface area contributed by atoms with Crippen molar-refractivity contribution >= 4 is 33.0 Å². The number of nitrogens with zero attached hydrogens (tertiary/aromatic N) is 1. The molecule has 1 amide bonds. The summed E-state index contributed by atoms with van der Waals surface area (Å²) >= 11 is 1.52. The Kier molecular flexibility index (Phi) is 4.12. The number of rotatable bonds is 4. The van der Waals surface area contributed by atoms with E-state index in [-0.39, 0.29) is 5.91 Å². The Bertz CT molecular complexity index is 652. The highest BCUT2D eigenvalue weighted by atomic mass is 32.1. The van der Waals surface area contributed by atoms with Gasteiger partial charge in [0.2, 0.25) is 0 Å². The Morgan fingerprint density at radius 3 is 3.10 bits per heavy atom. The molecule has 112 valence electrons. The van der Waals surface area contributed by atoms with Crippen molar-refractivity contribution in [2.75, 3.05) is 31.9 Å². The number of fused-ring (bicyclic) bond motifs is 1. The quantitative estimate of drug-likeness (QED) is 0.854. The molecule has 1 aromatic heterocycles. The lowest BCUT2D eigenvalue weighted by Crippen LogP contribution is -2.30. The molecule has 3 N–H and O–H groups in total. The Hall–Kier alpha value is -1.59. The number of nitrogen functional groups attached to an aromatic ring is 1. The molecule has 4 nitrogen and oxygen atoms in total. The van der Waals surface area contributed by atoms with E-state index in [2.05, 4.69) is 17.1 Å². The van der Waals surface area contributed by atoms with Crippen LogP contribution in [-0.2, 0) is 0 Å². The molecule has 1 fully saturated rings. The smallest absolute Gasteiger partial charge is 0.261 e. The first-order valence-corrected chi connectivity index (χ1v) is 8.27. The SMILES string of the molecule is CCN1CCC(CNC(=O)c2cc3cc(N)ccc3s2)C1. The summed E-state index contributed by atoms with van der Waals surface area (Å²) in [5, 5.41) is 4.12. The first-order valence-electron chi connectivity index (χ1n) is 7.45. The summed E-state index contributed by atoms with van der Waals surface area (Å²) in [5.74, 6) is 0.614. The van der Waals surface area contributed by atoms with Crippen molar-refractivity contribution in [2.45, 2.75) is 13.3 Å². The van der Waals surface area contributed by atoms with Crippen LogP contribution >= 0.6 is 11.3 Å². The van der Waals surface area contributed by atoms with Crippen LogP contribution in [0, 0.1) is 5.92 Å². The third-order valence-electron chi connectivity index (χ3n) is 4.13. The highest BCUT2D eigenvalue weighted by Crippen LogP contribution is 2.27. The molecule has 21 heavy (non-hydrogen) atoms. The number of hydrogen-bond acceptors (Lipinski definition) is 4. The Morgan fingerprint density at radius 1 is 1.48 bits per heavy atom. The van der Waals surface area contributed by atoms with Crippen LogP contribution in [0.2, 0.25) is 0 Å². The molecule has 1 aliphatic heterocycles. The van der Waals surface area contributed by atoms with Gasteiger partial charge >= 0.3 is 0 Å². The molecule has 1 aliphatic rings. The lowest BCUT2D eigenvalue weighted by atomic mass is 10.1. The molecule has 2 aromatic rings. The second-order valence-corrected chi connectivity index (χ2v) is 6.75. The minimum absolute atomic E-state index is 0.0321. The first kappa shape index (κ1) is 14.4. The van der Waals surface area contributed by atoms with Crippen molar-refractivity contribution in [3.63, 3.8) is 0 Å². The summed E-state index contributed by atoms with van der Waals surface area (Å²) in [6, 6.07) is 7.69. The van der Waals surface area contributed by atoms with Crippen LogP contribution in [-0.4, -0.2) is 37.0 Å². The molecule has 1 unspecified atom stereocenters. The molecule has 3 rings (SSSR count). The summed E-state index contributed by atoms with van der Waals surface area (Å²) in [6.45, 7) is 6.30. The molecule has 0 bridgehead atoms. The van der Waals surface area contributed by atoms with Gasteiger partial charge < -0.3 is 16.0 Å². The van der Waals surface area contributed by atoms with Gasteiger partial charge in [0, 0.05) is 23.5 Å². The normalized spacial score (nSPS) is 19.2. The molecule has 2 heterocycles. The van der Waals surface area contributed by atoms with Gasteiger partial charge in [-0.25, -0.2) is 0 Å². The van der Waals surface area contributed by atoms with Crippen LogP contribution in [0.3, 0.4) is 0 Å². The van der Waals surface area contributed by atoms with Crippen LogP contribution < -0.4 is 11.1 Å². The van der Waals surface area contributed by atoms with E-state index in [4.69, 9.17) is 5.73 Å². The number of carbonyl (C=O) groups is 1. The molecule has 0 spiro atoms. The van der Waals surface area contributed by atoms with Gasteiger partial charge in [0.1, 0.15) is 0 Å². The zero-order valence-electron chi connectivity index (χ0n) is 12.3. The number of carbonyl (C=O) groups excluding carboxylic acids is 1. The average Bonchev–Trinajstić information content (AvgIpc) is 3.10. The Labute approximate surface area is 128 Å². The lowest BCUT2D eigenvalue weighted by molar-refractivity contribution is 0.0951. The largest absolute Gasteiger partial charge is 0.399 e. The summed E-state index contributed by atoms with van der Waals surface area (Å²) < 4.78 is 1.10. The summed E-state index contributed by atoms with van der Waals surface area (Å²) in [6.07, 6.45) is 1.18. The van der Waals surface area contributed by atoms with Crippen LogP contribution in [0.5, 0.6) is 0 Å². The van der Waals surface area contributed by atoms with Crippen LogP contribution in [0.4, 0.5) is 5.69 Å². The van der Waals surface area contributed by atoms with Gasteiger partial charge in [-0.1, -0.05) is 6.92 Å². The molecular formula is C16H21N3OS. The zero-order valence-corrected chi connectivity index (χ0v) is 13.1. The number of nitrogens with two attached hydrogens (primary N) is 1. The minimum Gasteiger partial charge on any atom is -0.399 e. The monoisotopic (exact) mass is 303 g/mol. The predicted octanol–water partition coefficient (Wildman–Crippen LogP) is 2.56. The van der Waals surface area contributed by atoms with Gasteiger partial charge in [0.25, 0.3) is 5.91 Å². The lowest BCUT2D eigenvalue weighted by Gasteiger charge is -2.13. The molecule has 1 atom stereocenters. The zero-order chi connectivity index (χ0) is 14.8. The van der Waals surface area contributed by atoms with Gasteiger partial charge in [-0.3, -0.25) is 4.79 Å². The van der Waals surface area contributed by atoms with E-state index in [1.54, 1.807) is 0 Å². The van der Waals surface area contributed by atoms with Crippen LogP contribution in [0.1, 0.15) is 23.0 Å². The highest BCUT2D eigenvalue weighted by molar-refractivity contribution is 7.20. The number of likely N-dealkylation sites (tertiary alicyclic amines) is 1. The maximum atomic E-state index is 12.3. The average molecular weight is 303 g/mol. The Balaban J connectivity index is 1.62. The number of anilines is 1. The van der Waals surface area contributed by atoms with E-state index in [1.807, 2.05) is 24.3 Å². The number of benzene rings is 1. The predicted molar refractivity (Wildman–Crippen MR) is 88.8 cm³/mol. The molecule has 1 saturated heterocycles. The molecule has 5 heteroatoms. The van der Waals surface area contributed by atoms with Crippen molar-refractivity contribution in [3.05, 3.63) is 29.1 Å². The van der Waals surface area contributed by atoms with Crippen molar-refractivity contribution < 1.29 is 4.79 Å². The summed E-state index contributed by atoms with van der Waals surface area (Å²) in [5.41, 5.74) is 6.51. The maximum absolute atomic E-state index is 12.3. The van der Waals surface area contributed by atoms with E-state index < -0.39 is 0 Å². The number of nitrogens with one attached hydrogen (secondary N) is 1. The van der Waals surface area contributed by atoms with Crippen LogP contribution in [0.15, 0.2) is 24.3 Å². The summed E-state index contributed by atoms with van der Waals surface area (Å²) in [7, 11) is 0. The van der Waals surface area contributed by atoms with Crippen molar-refractivity contribution in [2.24, 2.45) is 5.92 Å².